The molecular weight excluding hydrogens is 408 g/mol. The zero-order chi connectivity index (χ0) is 20.8. The van der Waals surface area contributed by atoms with Crippen molar-refractivity contribution < 1.29 is 4.21 Å². The highest BCUT2D eigenvalue weighted by Gasteiger charge is 2.13. The zero-order valence-electron chi connectivity index (χ0n) is 17.3. The summed E-state index contributed by atoms with van der Waals surface area (Å²) in [4.78, 5) is 4.74. The molecule has 148 valence electrons. The number of allylic oxidation sites excluding steroid dienone is 2. The van der Waals surface area contributed by atoms with Crippen molar-refractivity contribution >= 4 is 37.5 Å². The Balaban J connectivity index is 0. The molecule has 1 unspecified atom stereocenters. The SMILES string of the molecule is C=C(C=NC)/C(Br)=C\NCC.C=S(=O)(c1ccccc1C)C(C)C.CC. The van der Waals surface area contributed by atoms with Gasteiger partial charge in [0.2, 0.25) is 0 Å². The van der Waals surface area contributed by atoms with Crippen LogP contribution in [0.1, 0.15) is 40.2 Å². The minimum atomic E-state index is -2.11. The van der Waals surface area contributed by atoms with Crippen LogP contribution in [-0.2, 0) is 9.52 Å². The number of aliphatic imine (C=N–C) groups is 1. The lowest BCUT2D eigenvalue weighted by molar-refractivity contribution is 0.674. The number of nitrogens with one attached hydrogen (secondary N) is 1. The molecule has 0 amide bonds. The van der Waals surface area contributed by atoms with Gasteiger partial charge in [-0.25, -0.2) is 0 Å². The van der Waals surface area contributed by atoms with Crippen molar-refractivity contribution in [2.75, 3.05) is 13.6 Å². The summed E-state index contributed by atoms with van der Waals surface area (Å²) in [6, 6.07) is 7.75. The molecule has 3 nitrogen and oxygen atoms in total. The maximum Gasteiger partial charge on any atom is 0.0413 e. The molecule has 1 atom stereocenters. The van der Waals surface area contributed by atoms with E-state index in [0.29, 0.717) is 0 Å². The van der Waals surface area contributed by atoms with Crippen LogP contribution in [-0.4, -0.2) is 35.1 Å². The van der Waals surface area contributed by atoms with Crippen molar-refractivity contribution in [3.8, 4) is 0 Å². The molecule has 0 aromatic heterocycles. The second kappa shape index (κ2) is 14.8. The molecule has 1 aromatic rings. The van der Waals surface area contributed by atoms with E-state index in [1.807, 2.05) is 72.0 Å². The molecule has 0 bridgehead atoms. The molecule has 1 rings (SSSR count). The van der Waals surface area contributed by atoms with Crippen molar-refractivity contribution in [1.29, 1.82) is 0 Å². The van der Waals surface area contributed by atoms with E-state index < -0.39 is 9.52 Å². The zero-order valence-corrected chi connectivity index (χ0v) is 19.7. The van der Waals surface area contributed by atoms with Gasteiger partial charge in [0.15, 0.2) is 0 Å². The molecule has 0 fully saturated rings. The van der Waals surface area contributed by atoms with Crippen LogP contribution < -0.4 is 5.32 Å². The Hall–Kier alpha value is -1.33. The largest absolute Gasteiger partial charge is 0.390 e. The van der Waals surface area contributed by atoms with Gasteiger partial charge in [0, 0.05) is 46.2 Å². The predicted molar refractivity (Wildman–Crippen MR) is 125 cm³/mol. The van der Waals surface area contributed by atoms with Crippen LogP contribution in [0.5, 0.6) is 0 Å². The van der Waals surface area contributed by atoms with Gasteiger partial charge in [-0.3, -0.25) is 9.20 Å². The van der Waals surface area contributed by atoms with Gasteiger partial charge in [-0.05, 0) is 56.8 Å². The van der Waals surface area contributed by atoms with Gasteiger partial charge in [-0.1, -0.05) is 52.5 Å². The van der Waals surface area contributed by atoms with E-state index in [0.717, 1.165) is 27.1 Å². The van der Waals surface area contributed by atoms with E-state index >= 15 is 0 Å². The summed E-state index contributed by atoms with van der Waals surface area (Å²) in [7, 11) is -0.387. The lowest BCUT2D eigenvalue weighted by Gasteiger charge is -2.15. The van der Waals surface area contributed by atoms with Gasteiger partial charge < -0.3 is 5.32 Å². The number of aryl methyl sites for hydroxylation is 1. The van der Waals surface area contributed by atoms with Crippen LogP contribution in [0.15, 0.2) is 57.0 Å². The van der Waals surface area contributed by atoms with E-state index in [1.54, 1.807) is 13.3 Å². The summed E-state index contributed by atoms with van der Waals surface area (Å²) in [5.41, 5.74) is 1.93. The number of halogens is 1. The van der Waals surface area contributed by atoms with E-state index in [2.05, 4.69) is 38.7 Å². The third kappa shape index (κ3) is 9.97. The Morgan fingerprint density at radius 2 is 1.88 bits per heavy atom. The van der Waals surface area contributed by atoms with Crippen molar-refractivity contribution in [2.45, 2.75) is 51.7 Å². The first-order valence-electron chi connectivity index (χ1n) is 8.80. The number of benzene rings is 1. The van der Waals surface area contributed by atoms with Crippen LogP contribution in [0.2, 0.25) is 0 Å². The van der Waals surface area contributed by atoms with Gasteiger partial charge in [0.05, 0.1) is 0 Å². The van der Waals surface area contributed by atoms with E-state index in [9.17, 15) is 4.21 Å². The van der Waals surface area contributed by atoms with Crippen LogP contribution in [0.3, 0.4) is 0 Å². The Morgan fingerprint density at radius 1 is 1.35 bits per heavy atom. The standard InChI is InChI=1S/C11H16OS.C8H13BrN2.C2H6/c1-9(2)13(4,12)11-8-6-5-7-10(11)3;1-4-11-6-8(9)7(2)5-10-3;1-2/h5-9H,4H2,1-3H3;5-6,11H,2,4H2,1,3H3;1-2H3/b;8-6+,10-5?;. The minimum absolute atomic E-state index is 0.0913. The third-order valence-corrected chi connectivity index (χ3v) is 6.72. The third-order valence-electron chi connectivity index (χ3n) is 3.25. The lowest BCUT2D eigenvalue weighted by atomic mass is 10.2. The molecule has 0 aliphatic carbocycles. The quantitative estimate of drug-likeness (QED) is 0.354. The summed E-state index contributed by atoms with van der Waals surface area (Å²) in [6.07, 6.45) is 3.57. The smallest absolute Gasteiger partial charge is 0.0413 e. The summed E-state index contributed by atoms with van der Waals surface area (Å²) in [5.74, 6) is 3.83. The van der Waals surface area contributed by atoms with Gasteiger partial charge in [0.25, 0.3) is 0 Å². The molecule has 0 saturated carbocycles. The Kier molecular flexibility index (Phi) is 15.3. The number of rotatable bonds is 6. The van der Waals surface area contributed by atoms with E-state index in [4.69, 9.17) is 0 Å². The first-order valence-corrected chi connectivity index (χ1v) is 11.4. The van der Waals surface area contributed by atoms with Crippen LogP contribution in [0, 0.1) is 6.92 Å². The molecule has 1 N–H and O–H groups in total. The Labute approximate surface area is 169 Å². The van der Waals surface area contributed by atoms with Gasteiger partial charge in [-0.2, -0.15) is 0 Å². The van der Waals surface area contributed by atoms with Crippen molar-refractivity contribution in [3.05, 3.63) is 52.7 Å². The van der Waals surface area contributed by atoms with Gasteiger partial charge in [-0.15, -0.1) is 0 Å². The van der Waals surface area contributed by atoms with E-state index in [1.165, 1.54) is 0 Å². The number of hydrogen-bond donors (Lipinski definition) is 1. The first kappa shape index (κ1) is 26.9. The maximum atomic E-state index is 12.2. The summed E-state index contributed by atoms with van der Waals surface area (Å²) in [5, 5.41) is 3.15. The minimum Gasteiger partial charge on any atom is -0.390 e. The molecule has 5 heteroatoms. The predicted octanol–water partition coefficient (Wildman–Crippen LogP) is 5.59. The van der Waals surface area contributed by atoms with Crippen LogP contribution in [0.4, 0.5) is 0 Å². The van der Waals surface area contributed by atoms with Crippen molar-refractivity contribution in [3.63, 3.8) is 0 Å². The highest BCUT2D eigenvalue weighted by atomic mass is 79.9. The highest BCUT2D eigenvalue weighted by Crippen LogP contribution is 2.19. The Morgan fingerprint density at radius 3 is 2.31 bits per heavy atom. The fraction of sp³-hybridized carbons (Fsp3) is 0.429. The first-order chi connectivity index (χ1) is 12.2. The lowest BCUT2D eigenvalue weighted by Crippen LogP contribution is -2.14. The van der Waals surface area contributed by atoms with Gasteiger partial charge in [0.1, 0.15) is 0 Å². The van der Waals surface area contributed by atoms with Gasteiger partial charge >= 0.3 is 0 Å². The monoisotopic (exact) mass is 442 g/mol. The molecule has 0 radical (unpaired) electrons. The molecular formula is C21H35BrN2OS. The fourth-order valence-electron chi connectivity index (χ4n) is 1.70. The molecule has 1 aromatic carbocycles. The highest BCUT2D eigenvalue weighted by molar-refractivity contribution is 9.12. The van der Waals surface area contributed by atoms with Crippen molar-refractivity contribution in [2.24, 2.45) is 4.99 Å². The van der Waals surface area contributed by atoms with E-state index in [-0.39, 0.29) is 5.25 Å². The maximum absolute atomic E-state index is 12.2. The summed E-state index contributed by atoms with van der Waals surface area (Å²) in [6.45, 7) is 16.6. The van der Waals surface area contributed by atoms with Crippen molar-refractivity contribution in [1.82, 2.24) is 5.32 Å². The average molecular weight is 443 g/mol. The fourth-order valence-corrected chi connectivity index (χ4v) is 3.39. The number of nitrogens with zero attached hydrogens (tertiary/aromatic N) is 1. The molecule has 26 heavy (non-hydrogen) atoms. The molecule has 0 aliphatic rings. The molecule has 0 aliphatic heterocycles. The second-order valence-electron chi connectivity index (χ2n) is 5.50. The molecule has 0 saturated heterocycles. The molecule has 0 heterocycles. The average Bonchev–Trinajstić information content (AvgIpc) is 2.62. The summed E-state index contributed by atoms with van der Waals surface area (Å²) < 4.78 is 13.1. The second-order valence-corrected chi connectivity index (χ2v) is 9.19. The Bertz CT molecular complexity index is 690. The number of hydrogen-bond acceptors (Lipinski definition) is 3. The van der Waals surface area contributed by atoms with Crippen LogP contribution in [0.25, 0.3) is 0 Å². The normalized spacial score (nSPS) is 13.2. The molecule has 0 spiro atoms. The summed E-state index contributed by atoms with van der Waals surface area (Å²) >= 11 is 3.35. The topological polar surface area (TPSA) is 41.5 Å². The van der Waals surface area contributed by atoms with Crippen LogP contribution >= 0.6 is 15.9 Å².